The van der Waals surface area contributed by atoms with Crippen LogP contribution in [-0.2, 0) is 19.2 Å². The predicted molar refractivity (Wildman–Crippen MR) is 55.4 cm³/mol. The van der Waals surface area contributed by atoms with Gasteiger partial charge in [-0.1, -0.05) is 5.16 Å². The van der Waals surface area contributed by atoms with Crippen LogP contribution in [-0.4, -0.2) is 45.4 Å². The molecular formula is C7H5N4O5S. The molecule has 89 valence electrons. The molecule has 0 bridgehead atoms. The van der Waals surface area contributed by atoms with Crippen LogP contribution in [0, 0.1) is 0 Å². The quantitative estimate of drug-likeness (QED) is 0.364. The van der Waals surface area contributed by atoms with Crippen LogP contribution in [0.1, 0.15) is 5.82 Å². The normalized spacial score (nSPS) is 10.7. The molecule has 0 atom stereocenters. The molecule has 0 saturated carbocycles. The van der Waals surface area contributed by atoms with Gasteiger partial charge in [-0.2, -0.15) is 9.36 Å². The minimum Gasteiger partial charge on any atom is -0.479 e. The van der Waals surface area contributed by atoms with Crippen LogP contribution in [0.5, 0.6) is 0 Å². The lowest BCUT2D eigenvalue weighted by molar-refractivity contribution is -0.142. The van der Waals surface area contributed by atoms with Crippen LogP contribution in [0.2, 0.25) is 0 Å². The second-order valence-electron chi connectivity index (χ2n) is 2.39. The molecule has 0 spiro atoms. The van der Waals surface area contributed by atoms with Gasteiger partial charge in [0.1, 0.15) is 0 Å². The van der Waals surface area contributed by atoms with E-state index in [1.54, 1.807) is 0 Å². The van der Waals surface area contributed by atoms with Gasteiger partial charge in [-0.25, -0.2) is 4.79 Å². The topological polar surface area (TPSA) is 131 Å². The Labute approximate surface area is 98.3 Å². The molecule has 17 heavy (non-hydrogen) atoms. The van der Waals surface area contributed by atoms with Gasteiger partial charge in [0.15, 0.2) is 5.71 Å². The minimum atomic E-state index is -1.24. The summed E-state index contributed by atoms with van der Waals surface area (Å²) in [5.41, 5.74) is -0.388. The van der Waals surface area contributed by atoms with Crippen LogP contribution in [0.15, 0.2) is 5.16 Å². The number of oxime groups is 1. The maximum atomic E-state index is 10.5. The van der Waals surface area contributed by atoms with E-state index in [-0.39, 0.29) is 16.7 Å². The monoisotopic (exact) mass is 257 g/mol. The fraction of sp³-hybridized carbons (Fsp3) is 0.143. The average Bonchev–Trinajstić information content (AvgIpc) is 2.73. The Morgan fingerprint density at radius 2 is 2.47 bits per heavy atom. The van der Waals surface area contributed by atoms with Crippen molar-refractivity contribution >= 4 is 41.0 Å². The molecule has 1 aromatic rings. The maximum absolute atomic E-state index is 10.5. The van der Waals surface area contributed by atoms with E-state index < -0.39 is 12.6 Å². The van der Waals surface area contributed by atoms with Crippen LogP contribution < -0.4 is 5.32 Å². The van der Waals surface area contributed by atoms with E-state index in [0.717, 1.165) is 11.5 Å². The summed E-state index contributed by atoms with van der Waals surface area (Å²) in [6.07, 6.45) is 1.79. The van der Waals surface area contributed by atoms with Crippen molar-refractivity contribution in [3.05, 3.63) is 5.82 Å². The summed E-state index contributed by atoms with van der Waals surface area (Å²) in [6, 6.07) is 0. The van der Waals surface area contributed by atoms with Crippen molar-refractivity contribution in [3.63, 3.8) is 0 Å². The Morgan fingerprint density at radius 3 is 3.06 bits per heavy atom. The number of aliphatic carboxylic acids is 1. The van der Waals surface area contributed by atoms with Gasteiger partial charge in [-0.15, -0.1) is 0 Å². The summed E-state index contributed by atoms with van der Waals surface area (Å²) in [6.45, 7) is -0.700. The number of carboxylic acid groups (broad SMARTS) is 1. The number of hydrogen-bond acceptors (Lipinski definition) is 8. The molecule has 0 aliphatic heterocycles. The molecule has 1 aromatic heterocycles. The van der Waals surface area contributed by atoms with Crippen LogP contribution in [0.3, 0.4) is 0 Å². The molecule has 9 nitrogen and oxygen atoms in total. The molecule has 1 heterocycles. The maximum Gasteiger partial charge on any atom is 0.344 e. The van der Waals surface area contributed by atoms with E-state index in [1.165, 1.54) is 6.29 Å². The fourth-order valence-electron chi connectivity index (χ4n) is 0.686. The van der Waals surface area contributed by atoms with Crippen LogP contribution in [0.4, 0.5) is 5.13 Å². The van der Waals surface area contributed by atoms with E-state index >= 15 is 0 Å². The van der Waals surface area contributed by atoms with Gasteiger partial charge in [0.25, 0.3) is 6.29 Å². The number of carbonyl (C=O) groups is 2. The van der Waals surface area contributed by atoms with E-state index in [1.807, 2.05) is 0 Å². The predicted octanol–water partition coefficient (Wildman–Crippen LogP) is -0.979. The molecule has 0 aliphatic rings. The number of hydrogen-bond donors (Lipinski definition) is 2. The van der Waals surface area contributed by atoms with Gasteiger partial charge >= 0.3 is 5.97 Å². The highest BCUT2D eigenvalue weighted by Crippen LogP contribution is 2.10. The summed E-state index contributed by atoms with van der Waals surface area (Å²) in [4.78, 5) is 38.8. The van der Waals surface area contributed by atoms with Gasteiger partial charge in [0.2, 0.25) is 24.0 Å². The molecule has 1 rings (SSSR count). The second kappa shape index (κ2) is 6.27. The Bertz CT molecular complexity index is 457. The third-order valence-corrected chi connectivity index (χ3v) is 1.91. The Hall–Kier alpha value is -2.36. The van der Waals surface area contributed by atoms with Crippen LogP contribution in [0.25, 0.3) is 0 Å². The summed E-state index contributed by atoms with van der Waals surface area (Å²) in [5, 5.41) is 13.9. The zero-order valence-electron chi connectivity index (χ0n) is 8.11. The van der Waals surface area contributed by atoms with Crippen molar-refractivity contribution in [1.29, 1.82) is 0 Å². The van der Waals surface area contributed by atoms with Gasteiger partial charge in [-0.3, -0.25) is 9.59 Å². The largest absolute Gasteiger partial charge is 0.479 e. The van der Waals surface area contributed by atoms with E-state index in [2.05, 4.69) is 24.7 Å². The van der Waals surface area contributed by atoms with Gasteiger partial charge < -0.3 is 15.3 Å². The standard InChI is InChI=1S/C7H5N4O5S/c12-1-4(10-16-2-5(14)15)6-9-7(8-3-13)17-11-6/h3H,2H2,(H,14,15)(H,8,9,11,13)/b10-4+. The zero-order chi connectivity index (χ0) is 12.7. The summed E-state index contributed by atoms with van der Waals surface area (Å²) >= 11 is 0.823. The van der Waals surface area contributed by atoms with Gasteiger partial charge in [0, 0.05) is 11.5 Å². The first-order valence-electron chi connectivity index (χ1n) is 4.01. The second-order valence-corrected chi connectivity index (χ2v) is 3.15. The fourth-order valence-corrected chi connectivity index (χ4v) is 1.21. The van der Waals surface area contributed by atoms with E-state index in [4.69, 9.17) is 5.11 Å². The van der Waals surface area contributed by atoms with E-state index in [9.17, 15) is 14.4 Å². The molecular weight excluding hydrogens is 252 g/mol. The summed E-state index contributed by atoms with van der Waals surface area (Å²) in [7, 11) is 0. The molecule has 0 saturated heterocycles. The Morgan fingerprint density at radius 1 is 1.71 bits per heavy atom. The third-order valence-electron chi connectivity index (χ3n) is 1.26. The first-order chi connectivity index (χ1) is 8.17. The number of nitrogens with zero attached hydrogens (tertiary/aromatic N) is 3. The SMILES string of the molecule is O=[C]/C(=N\OCC(=O)O)c1nsc(NC=O)n1. The van der Waals surface area contributed by atoms with Crippen molar-refractivity contribution in [2.45, 2.75) is 0 Å². The number of amides is 1. The lowest BCUT2D eigenvalue weighted by atomic mass is 10.4. The first-order valence-corrected chi connectivity index (χ1v) is 4.79. The number of anilines is 1. The van der Waals surface area contributed by atoms with Gasteiger partial charge in [0.05, 0.1) is 0 Å². The molecule has 10 heteroatoms. The van der Waals surface area contributed by atoms with Gasteiger partial charge in [-0.05, 0) is 0 Å². The minimum absolute atomic E-state index is 0.111. The lowest BCUT2D eigenvalue weighted by Gasteiger charge is -1.93. The Kier molecular flexibility index (Phi) is 4.69. The molecule has 0 aliphatic carbocycles. The number of aromatic nitrogens is 2. The van der Waals surface area contributed by atoms with Crippen molar-refractivity contribution in [1.82, 2.24) is 9.36 Å². The molecule has 0 fully saturated rings. The average molecular weight is 257 g/mol. The smallest absolute Gasteiger partial charge is 0.344 e. The molecule has 1 amide bonds. The molecule has 2 N–H and O–H groups in total. The molecule has 0 unspecified atom stereocenters. The number of carbonyl (C=O) groups excluding carboxylic acids is 2. The van der Waals surface area contributed by atoms with Crippen molar-refractivity contribution in [2.75, 3.05) is 11.9 Å². The van der Waals surface area contributed by atoms with Crippen LogP contribution >= 0.6 is 11.5 Å². The molecule has 0 aromatic carbocycles. The summed E-state index contributed by atoms with van der Waals surface area (Å²) in [5.74, 6) is -1.35. The highest BCUT2D eigenvalue weighted by molar-refractivity contribution is 7.10. The third kappa shape index (κ3) is 3.95. The molecule has 1 radical (unpaired) electrons. The number of rotatable bonds is 7. The number of carboxylic acids is 1. The highest BCUT2D eigenvalue weighted by Gasteiger charge is 2.12. The number of nitrogens with one attached hydrogen (secondary N) is 1. The lowest BCUT2D eigenvalue weighted by Crippen LogP contribution is -2.09. The van der Waals surface area contributed by atoms with Crippen molar-refractivity contribution in [2.24, 2.45) is 5.16 Å². The summed E-state index contributed by atoms with van der Waals surface area (Å²) < 4.78 is 3.69. The Balaban J connectivity index is 2.74. The van der Waals surface area contributed by atoms with Crippen molar-refractivity contribution in [3.8, 4) is 0 Å². The van der Waals surface area contributed by atoms with Crippen molar-refractivity contribution < 1.29 is 24.3 Å². The highest BCUT2D eigenvalue weighted by atomic mass is 32.1. The first kappa shape index (κ1) is 12.7. The van der Waals surface area contributed by atoms with E-state index in [0.29, 0.717) is 6.41 Å². The zero-order valence-corrected chi connectivity index (χ0v) is 8.93.